The van der Waals surface area contributed by atoms with Gasteiger partial charge >= 0.3 is 0 Å². The van der Waals surface area contributed by atoms with Gasteiger partial charge in [-0.1, -0.05) is 18.2 Å². The summed E-state index contributed by atoms with van der Waals surface area (Å²) in [5.41, 5.74) is 1.29. The second kappa shape index (κ2) is 3.93. The van der Waals surface area contributed by atoms with Crippen LogP contribution in [0.2, 0.25) is 0 Å². The van der Waals surface area contributed by atoms with Crippen molar-refractivity contribution in [3.05, 3.63) is 29.8 Å². The van der Waals surface area contributed by atoms with E-state index >= 15 is 0 Å². The molecule has 0 spiro atoms. The summed E-state index contributed by atoms with van der Waals surface area (Å²) in [6, 6.07) is 8.19. The van der Waals surface area contributed by atoms with Gasteiger partial charge in [0.15, 0.2) is 0 Å². The summed E-state index contributed by atoms with van der Waals surface area (Å²) in [5, 5.41) is 0. The maximum absolute atomic E-state index is 11.6. The van der Waals surface area contributed by atoms with Crippen molar-refractivity contribution in [1.82, 2.24) is 0 Å². The number of fused-ring (bicyclic) bond motifs is 1. The lowest BCUT2D eigenvalue weighted by Crippen LogP contribution is -2.20. The highest BCUT2D eigenvalue weighted by molar-refractivity contribution is 5.82. The summed E-state index contributed by atoms with van der Waals surface area (Å²) in [4.78, 5) is 11.6. The summed E-state index contributed by atoms with van der Waals surface area (Å²) in [6.07, 6.45) is 5.03. The highest BCUT2D eigenvalue weighted by atomic mass is 16.5. The van der Waals surface area contributed by atoms with Gasteiger partial charge in [-0.3, -0.25) is 4.79 Å². The van der Waals surface area contributed by atoms with Gasteiger partial charge in [-0.15, -0.1) is 0 Å². The molecule has 1 fully saturated rings. The first kappa shape index (κ1) is 9.88. The molecule has 1 saturated carbocycles. The van der Waals surface area contributed by atoms with Crippen molar-refractivity contribution >= 4 is 5.78 Å². The maximum atomic E-state index is 11.6. The fourth-order valence-electron chi connectivity index (χ4n) is 2.84. The molecule has 1 heterocycles. The summed E-state index contributed by atoms with van der Waals surface area (Å²) in [5.74, 6) is 1.72. The Kier molecular flexibility index (Phi) is 2.43. The third-order valence-electron chi connectivity index (χ3n) is 3.69. The fraction of sp³-hybridized carbons (Fsp3) is 0.500. The van der Waals surface area contributed by atoms with Crippen molar-refractivity contribution in [3.63, 3.8) is 0 Å². The Bertz CT molecular complexity index is 386. The minimum Gasteiger partial charge on any atom is -0.490 e. The summed E-state index contributed by atoms with van der Waals surface area (Å²) in [7, 11) is 0. The number of Topliss-reactive ketones (excluding diaryl/α,β-unsaturated/α-hetero) is 1. The normalized spacial score (nSPS) is 27.9. The first-order valence-corrected chi connectivity index (χ1v) is 6.10. The molecular formula is C14H16O2. The van der Waals surface area contributed by atoms with E-state index in [1.54, 1.807) is 0 Å². The van der Waals surface area contributed by atoms with Crippen LogP contribution >= 0.6 is 0 Å². The Morgan fingerprint density at radius 2 is 2.19 bits per heavy atom. The molecule has 0 N–H and O–H groups in total. The predicted molar refractivity (Wildman–Crippen MR) is 61.5 cm³/mol. The molecule has 2 nitrogen and oxygen atoms in total. The minimum absolute atomic E-state index is 0.226. The largest absolute Gasteiger partial charge is 0.490 e. The molecule has 1 aliphatic carbocycles. The Hall–Kier alpha value is -1.31. The van der Waals surface area contributed by atoms with E-state index in [1.165, 1.54) is 5.56 Å². The van der Waals surface area contributed by atoms with Gasteiger partial charge in [0, 0.05) is 18.8 Å². The lowest BCUT2D eigenvalue weighted by atomic mass is 9.96. The summed E-state index contributed by atoms with van der Waals surface area (Å²) in [6.45, 7) is 0. The average molecular weight is 216 g/mol. The zero-order valence-corrected chi connectivity index (χ0v) is 9.32. The van der Waals surface area contributed by atoms with Crippen LogP contribution in [0.4, 0.5) is 0 Å². The van der Waals surface area contributed by atoms with Gasteiger partial charge < -0.3 is 4.74 Å². The molecule has 0 amide bonds. The van der Waals surface area contributed by atoms with E-state index in [-0.39, 0.29) is 12.0 Å². The second-order valence-corrected chi connectivity index (χ2v) is 4.84. The molecule has 0 bridgehead atoms. The van der Waals surface area contributed by atoms with Crippen LogP contribution in [-0.4, -0.2) is 11.9 Å². The number of para-hydroxylation sites is 1. The Balaban J connectivity index is 1.66. The average Bonchev–Trinajstić information content (AvgIpc) is 2.85. The lowest BCUT2D eigenvalue weighted by Gasteiger charge is -2.14. The Morgan fingerprint density at radius 3 is 2.94 bits per heavy atom. The van der Waals surface area contributed by atoms with Crippen LogP contribution in [0.1, 0.15) is 31.2 Å². The number of ketones is 1. The number of rotatable bonds is 2. The SMILES string of the molecule is O=C1CCCC1CC1Cc2ccccc2O1. The van der Waals surface area contributed by atoms with Gasteiger partial charge in [0.1, 0.15) is 17.6 Å². The van der Waals surface area contributed by atoms with E-state index in [9.17, 15) is 4.79 Å². The maximum Gasteiger partial charge on any atom is 0.136 e. The molecule has 2 atom stereocenters. The second-order valence-electron chi connectivity index (χ2n) is 4.84. The molecule has 0 aromatic heterocycles. The zero-order chi connectivity index (χ0) is 11.0. The highest BCUT2D eigenvalue weighted by Gasteiger charge is 2.31. The predicted octanol–water partition coefficient (Wildman–Crippen LogP) is 2.75. The molecule has 2 unspecified atom stereocenters. The van der Waals surface area contributed by atoms with Crippen LogP contribution in [-0.2, 0) is 11.2 Å². The van der Waals surface area contributed by atoms with E-state index in [4.69, 9.17) is 4.74 Å². The topological polar surface area (TPSA) is 26.3 Å². The van der Waals surface area contributed by atoms with Crippen molar-refractivity contribution in [2.45, 2.75) is 38.2 Å². The quantitative estimate of drug-likeness (QED) is 0.759. The third-order valence-corrected chi connectivity index (χ3v) is 3.69. The van der Waals surface area contributed by atoms with Gasteiger partial charge in [0.05, 0.1) is 0 Å². The molecular weight excluding hydrogens is 200 g/mol. The van der Waals surface area contributed by atoms with Crippen LogP contribution in [0.15, 0.2) is 24.3 Å². The van der Waals surface area contributed by atoms with Crippen LogP contribution in [0.5, 0.6) is 5.75 Å². The van der Waals surface area contributed by atoms with Crippen molar-refractivity contribution in [3.8, 4) is 5.75 Å². The molecule has 1 aromatic carbocycles. The van der Waals surface area contributed by atoms with Gasteiger partial charge in [-0.2, -0.15) is 0 Å². The van der Waals surface area contributed by atoms with E-state index in [0.717, 1.165) is 37.9 Å². The Labute approximate surface area is 95.6 Å². The van der Waals surface area contributed by atoms with E-state index in [0.29, 0.717) is 5.78 Å². The standard InChI is InChI=1S/C14H16O2/c15-13-6-3-5-10(13)8-12-9-11-4-1-2-7-14(11)16-12/h1-2,4,7,10,12H,3,5-6,8-9H2. The van der Waals surface area contributed by atoms with E-state index < -0.39 is 0 Å². The lowest BCUT2D eigenvalue weighted by molar-refractivity contribution is -0.121. The molecule has 16 heavy (non-hydrogen) atoms. The van der Waals surface area contributed by atoms with Crippen molar-refractivity contribution in [1.29, 1.82) is 0 Å². The fourth-order valence-corrected chi connectivity index (χ4v) is 2.84. The number of ether oxygens (including phenoxy) is 1. The molecule has 1 aromatic rings. The van der Waals surface area contributed by atoms with Crippen molar-refractivity contribution in [2.24, 2.45) is 5.92 Å². The van der Waals surface area contributed by atoms with Gasteiger partial charge in [-0.05, 0) is 30.9 Å². The zero-order valence-electron chi connectivity index (χ0n) is 9.32. The summed E-state index contributed by atoms with van der Waals surface area (Å²) >= 11 is 0. The number of benzene rings is 1. The monoisotopic (exact) mass is 216 g/mol. The minimum atomic E-state index is 0.226. The van der Waals surface area contributed by atoms with Gasteiger partial charge in [0.2, 0.25) is 0 Å². The molecule has 2 heteroatoms. The number of carbonyl (C=O) groups excluding carboxylic acids is 1. The first-order valence-electron chi connectivity index (χ1n) is 6.10. The summed E-state index contributed by atoms with van der Waals surface area (Å²) < 4.78 is 5.86. The smallest absolute Gasteiger partial charge is 0.136 e. The van der Waals surface area contributed by atoms with Gasteiger partial charge in [0.25, 0.3) is 0 Å². The van der Waals surface area contributed by atoms with E-state index in [2.05, 4.69) is 6.07 Å². The van der Waals surface area contributed by atoms with Crippen LogP contribution in [0.3, 0.4) is 0 Å². The Morgan fingerprint density at radius 1 is 1.31 bits per heavy atom. The molecule has 3 rings (SSSR count). The van der Waals surface area contributed by atoms with Crippen LogP contribution in [0.25, 0.3) is 0 Å². The molecule has 0 radical (unpaired) electrons. The molecule has 0 saturated heterocycles. The number of hydrogen-bond acceptors (Lipinski definition) is 2. The van der Waals surface area contributed by atoms with Crippen molar-refractivity contribution in [2.75, 3.05) is 0 Å². The number of carbonyl (C=O) groups is 1. The van der Waals surface area contributed by atoms with Crippen molar-refractivity contribution < 1.29 is 9.53 Å². The highest BCUT2D eigenvalue weighted by Crippen LogP contribution is 2.33. The first-order chi connectivity index (χ1) is 7.83. The molecule has 2 aliphatic rings. The van der Waals surface area contributed by atoms with Crippen LogP contribution < -0.4 is 4.74 Å². The van der Waals surface area contributed by atoms with E-state index in [1.807, 2.05) is 18.2 Å². The molecule has 1 aliphatic heterocycles. The molecule has 84 valence electrons. The van der Waals surface area contributed by atoms with Crippen LogP contribution in [0, 0.1) is 5.92 Å². The van der Waals surface area contributed by atoms with Gasteiger partial charge in [-0.25, -0.2) is 0 Å². The third kappa shape index (κ3) is 1.73. The number of hydrogen-bond donors (Lipinski definition) is 0.